The summed E-state index contributed by atoms with van der Waals surface area (Å²) in [4.78, 5) is 41.4. The summed E-state index contributed by atoms with van der Waals surface area (Å²) in [6.07, 6.45) is 19.5. The van der Waals surface area contributed by atoms with Gasteiger partial charge in [-0.1, -0.05) is 109 Å². The largest absolute Gasteiger partial charge is 0.481 e. The van der Waals surface area contributed by atoms with Crippen molar-refractivity contribution in [1.82, 2.24) is 0 Å². The standard InChI is InChI=1S/C46H60N4O6/c1-4-7-9-10-11-12-13-18-29-46(34-45(55)56-33-8-5-2)37-19-14-15-20-38(37)48(31-27-43(51)52)41(46)25-23-36(35-47)24-26-42-49(30-6-3)39-21-16-17-22-40(39)50(42)32-28-44(53)54/h14-17,19-26H,4-13,18,27-34H2,1-3H3,(H-,51,52,53,54)/p+1. The third-order valence-electron chi connectivity index (χ3n) is 10.7. The molecule has 1 atom stereocenters. The van der Waals surface area contributed by atoms with Gasteiger partial charge in [-0.15, -0.1) is 0 Å². The normalized spacial score (nSPS) is 17.1. The Morgan fingerprint density at radius 1 is 0.804 bits per heavy atom. The molecule has 10 heteroatoms. The summed E-state index contributed by atoms with van der Waals surface area (Å²) in [6.45, 7) is 7.89. The molecule has 2 aliphatic rings. The Bertz CT molecular complexity index is 1820. The number of esters is 1. The molecule has 300 valence electrons. The molecule has 2 N–H and O–H groups in total. The van der Waals surface area contributed by atoms with Gasteiger partial charge < -0.3 is 24.7 Å². The Labute approximate surface area is 333 Å². The number of anilines is 2. The molecule has 0 bridgehead atoms. The number of aliphatic carboxylic acids is 2. The highest BCUT2D eigenvalue weighted by atomic mass is 16.5. The summed E-state index contributed by atoms with van der Waals surface area (Å²) >= 11 is 0. The second-order valence-corrected chi connectivity index (χ2v) is 14.8. The molecular formula is C46H61N4O6+. The van der Waals surface area contributed by atoms with E-state index in [0.717, 1.165) is 72.7 Å². The minimum Gasteiger partial charge on any atom is -0.481 e. The van der Waals surface area contributed by atoms with E-state index in [4.69, 9.17) is 4.74 Å². The number of unbranched alkanes of at least 4 members (excludes halogenated alkanes) is 8. The van der Waals surface area contributed by atoms with Gasteiger partial charge in [0.15, 0.2) is 12.3 Å². The summed E-state index contributed by atoms with van der Waals surface area (Å²) < 4.78 is 7.80. The molecule has 2 aromatic carbocycles. The summed E-state index contributed by atoms with van der Waals surface area (Å²) in [7, 11) is 0. The third-order valence-corrected chi connectivity index (χ3v) is 10.7. The molecule has 0 amide bonds. The molecule has 2 heterocycles. The predicted octanol–water partition coefficient (Wildman–Crippen LogP) is 9.82. The first-order valence-electron chi connectivity index (χ1n) is 20.7. The molecule has 0 spiro atoms. The number of carboxylic acids is 2. The first-order chi connectivity index (χ1) is 27.2. The van der Waals surface area contributed by atoms with Crippen molar-refractivity contribution in [2.24, 2.45) is 0 Å². The Morgan fingerprint density at radius 3 is 2.07 bits per heavy atom. The monoisotopic (exact) mass is 765 g/mol. The number of hydrogen-bond acceptors (Lipinski definition) is 7. The predicted molar refractivity (Wildman–Crippen MR) is 222 cm³/mol. The van der Waals surface area contributed by atoms with Gasteiger partial charge in [-0.25, -0.2) is 0 Å². The van der Waals surface area contributed by atoms with Crippen molar-refractivity contribution in [3.05, 3.63) is 89.8 Å². The van der Waals surface area contributed by atoms with Gasteiger partial charge in [0.2, 0.25) is 5.69 Å². The summed E-state index contributed by atoms with van der Waals surface area (Å²) in [5.74, 6) is -1.31. The Hall–Kier alpha value is -5.17. The minimum atomic E-state index is -0.920. The zero-order valence-corrected chi connectivity index (χ0v) is 33.7. The third kappa shape index (κ3) is 11.4. The average Bonchev–Trinajstić information content (AvgIpc) is 3.62. The Kier molecular flexibility index (Phi) is 17.4. The number of nitriles is 1. The number of fused-ring (bicyclic) bond motifs is 2. The van der Waals surface area contributed by atoms with Crippen LogP contribution < -0.4 is 9.80 Å². The van der Waals surface area contributed by atoms with Crippen LogP contribution in [0.2, 0.25) is 0 Å². The molecular weight excluding hydrogens is 705 g/mol. The van der Waals surface area contributed by atoms with Gasteiger partial charge in [-0.05, 0) is 49.6 Å². The van der Waals surface area contributed by atoms with E-state index in [1.807, 2.05) is 70.2 Å². The SMILES string of the molecule is CCCCCCCCCCC1(CC(=O)OCCCC)C(/C=C/C(C#N)=C/C=C2\N(CCC)c3ccccc3N2CCC(=O)O)=[N+](CCC(=O)O)c2ccccc21. The number of carbonyl (C=O) groups excluding carboxylic acids is 1. The maximum atomic E-state index is 13.7. The topological polar surface area (TPSA) is 134 Å². The summed E-state index contributed by atoms with van der Waals surface area (Å²) in [5.41, 5.74) is 4.10. The van der Waals surface area contributed by atoms with Gasteiger partial charge in [-0.2, -0.15) is 9.84 Å². The van der Waals surface area contributed by atoms with Gasteiger partial charge in [0.1, 0.15) is 12.2 Å². The fourth-order valence-corrected chi connectivity index (χ4v) is 7.92. The minimum absolute atomic E-state index is 0.0484. The molecule has 0 radical (unpaired) electrons. The highest BCUT2D eigenvalue weighted by Gasteiger charge is 2.52. The van der Waals surface area contributed by atoms with Crippen LogP contribution in [0.25, 0.3) is 0 Å². The van der Waals surface area contributed by atoms with Gasteiger partial charge >= 0.3 is 17.9 Å². The molecule has 2 aliphatic heterocycles. The molecule has 0 saturated carbocycles. The fourth-order valence-electron chi connectivity index (χ4n) is 7.92. The number of ether oxygens (including phenoxy) is 1. The number of allylic oxidation sites excluding steroid dienone is 5. The first-order valence-corrected chi connectivity index (χ1v) is 20.7. The number of nitrogens with zero attached hydrogens (tertiary/aromatic N) is 4. The number of carboxylic acid groups (broad SMARTS) is 2. The zero-order valence-electron chi connectivity index (χ0n) is 33.7. The Morgan fingerprint density at radius 2 is 1.43 bits per heavy atom. The van der Waals surface area contributed by atoms with Crippen molar-refractivity contribution in [1.29, 1.82) is 5.26 Å². The van der Waals surface area contributed by atoms with Crippen LogP contribution in [-0.2, 0) is 24.5 Å². The number of carbonyl (C=O) groups is 3. The van der Waals surface area contributed by atoms with Gasteiger partial charge in [0, 0.05) is 30.8 Å². The van der Waals surface area contributed by atoms with Crippen molar-refractivity contribution in [3.8, 4) is 6.07 Å². The van der Waals surface area contributed by atoms with Crippen LogP contribution >= 0.6 is 0 Å². The van der Waals surface area contributed by atoms with E-state index in [0.29, 0.717) is 25.1 Å². The second-order valence-electron chi connectivity index (χ2n) is 14.8. The fraction of sp³-hybridized carbons (Fsp3) is 0.500. The molecule has 0 aliphatic carbocycles. The van der Waals surface area contributed by atoms with Crippen LogP contribution in [0.15, 0.2) is 84.2 Å². The van der Waals surface area contributed by atoms with Crippen molar-refractivity contribution < 1.29 is 33.9 Å². The smallest absolute Gasteiger partial charge is 0.309 e. The van der Waals surface area contributed by atoms with Crippen LogP contribution in [-0.4, -0.2) is 64.6 Å². The van der Waals surface area contributed by atoms with E-state index in [-0.39, 0.29) is 38.3 Å². The van der Waals surface area contributed by atoms with Crippen LogP contribution in [0.1, 0.15) is 123 Å². The van der Waals surface area contributed by atoms with E-state index in [2.05, 4.69) is 31.7 Å². The van der Waals surface area contributed by atoms with Gasteiger partial charge in [0.25, 0.3) is 0 Å². The second kappa shape index (κ2) is 22.4. The van der Waals surface area contributed by atoms with E-state index in [1.54, 1.807) is 12.2 Å². The Balaban J connectivity index is 1.78. The first kappa shape index (κ1) is 43.6. The van der Waals surface area contributed by atoms with Crippen LogP contribution in [0.5, 0.6) is 0 Å². The lowest BCUT2D eigenvalue weighted by atomic mass is 9.71. The van der Waals surface area contributed by atoms with Crippen LogP contribution in [0, 0.1) is 11.3 Å². The number of para-hydroxylation sites is 3. The molecule has 2 aromatic rings. The lowest BCUT2D eigenvalue weighted by Gasteiger charge is -2.27. The average molecular weight is 766 g/mol. The summed E-state index contributed by atoms with van der Waals surface area (Å²) in [5, 5.41) is 29.8. The molecule has 56 heavy (non-hydrogen) atoms. The number of hydrogen-bond donors (Lipinski definition) is 2. The quantitative estimate of drug-likeness (QED) is 0.0333. The van der Waals surface area contributed by atoms with Crippen molar-refractivity contribution in [2.75, 3.05) is 36.0 Å². The van der Waals surface area contributed by atoms with E-state index >= 15 is 0 Å². The van der Waals surface area contributed by atoms with E-state index in [1.165, 1.54) is 32.1 Å². The lowest BCUT2D eigenvalue weighted by molar-refractivity contribution is -0.436. The molecule has 0 aromatic heterocycles. The molecule has 0 saturated heterocycles. The van der Waals surface area contributed by atoms with Crippen molar-refractivity contribution in [3.63, 3.8) is 0 Å². The zero-order chi connectivity index (χ0) is 40.3. The molecule has 1 unspecified atom stereocenters. The van der Waals surface area contributed by atoms with E-state index < -0.39 is 17.4 Å². The number of rotatable bonds is 25. The van der Waals surface area contributed by atoms with E-state index in [9.17, 15) is 29.9 Å². The maximum Gasteiger partial charge on any atom is 0.309 e. The highest BCUT2D eigenvalue weighted by Crippen LogP contribution is 2.47. The molecule has 4 rings (SSSR count). The number of benzene rings is 2. The van der Waals surface area contributed by atoms with Gasteiger partial charge in [-0.3, -0.25) is 14.4 Å². The van der Waals surface area contributed by atoms with Crippen LogP contribution in [0.3, 0.4) is 0 Å². The van der Waals surface area contributed by atoms with Crippen molar-refractivity contribution in [2.45, 2.75) is 122 Å². The molecule has 10 nitrogen and oxygen atoms in total. The van der Waals surface area contributed by atoms with Crippen molar-refractivity contribution >= 4 is 40.7 Å². The highest BCUT2D eigenvalue weighted by molar-refractivity contribution is 6.06. The summed E-state index contributed by atoms with van der Waals surface area (Å²) in [6, 6.07) is 18.2. The van der Waals surface area contributed by atoms with Crippen LogP contribution in [0.4, 0.5) is 17.1 Å². The molecule has 0 fully saturated rings. The maximum absolute atomic E-state index is 13.7. The lowest BCUT2D eigenvalue weighted by Crippen LogP contribution is -2.38. The van der Waals surface area contributed by atoms with Gasteiger partial charge in [0.05, 0.1) is 47.9 Å².